The molecular formula is C14H15F3N2O. The van der Waals surface area contributed by atoms with E-state index in [-0.39, 0.29) is 11.6 Å². The van der Waals surface area contributed by atoms with Crippen LogP contribution in [0.1, 0.15) is 31.2 Å². The van der Waals surface area contributed by atoms with Gasteiger partial charge in [0.05, 0.1) is 22.4 Å². The number of fused-ring (bicyclic) bond motifs is 1. The van der Waals surface area contributed by atoms with Crippen LogP contribution >= 0.6 is 0 Å². The van der Waals surface area contributed by atoms with Gasteiger partial charge < -0.3 is 10.6 Å². The van der Waals surface area contributed by atoms with Gasteiger partial charge in [-0.3, -0.25) is 4.79 Å². The van der Waals surface area contributed by atoms with Gasteiger partial charge in [0, 0.05) is 6.54 Å². The minimum atomic E-state index is -4.41. The first-order valence-electron chi connectivity index (χ1n) is 6.67. The molecule has 2 N–H and O–H groups in total. The maximum absolute atomic E-state index is 12.7. The Morgan fingerprint density at radius 2 is 1.80 bits per heavy atom. The topological polar surface area (TPSA) is 41.1 Å². The molecule has 2 aliphatic rings. The molecule has 1 aliphatic carbocycles. The highest BCUT2D eigenvalue weighted by Gasteiger charge is 2.43. The SMILES string of the molecule is O=C1Nc2cc(C(F)(F)F)ccc2NCC12CCCC2. The number of halogens is 3. The Bertz CT molecular complexity index is 548. The van der Waals surface area contributed by atoms with Crippen LogP contribution in [0.3, 0.4) is 0 Å². The van der Waals surface area contributed by atoms with E-state index in [4.69, 9.17) is 0 Å². The Hall–Kier alpha value is -1.72. The Labute approximate surface area is 114 Å². The van der Waals surface area contributed by atoms with Crippen molar-refractivity contribution in [2.24, 2.45) is 5.41 Å². The molecule has 0 saturated heterocycles. The number of anilines is 2. The van der Waals surface area contributed by atoms with Gasteiger partial charge in [0.2, 0.25) is 5.91 Å². The molecule has 3 rings (SSSR count). The Morgan fingerprint density at radius 1 is 1.10 bits per heavy atom. The van der Waals surface area contributed by atoms with E-state index in [0.29, 0.717) is 12.2 Å². The highest BCUT2D eigenvalue weighted by Crippen LogP contribution is 2.43. The molecular weight excluding hydrogens is 269 g/mol. The first-order chi connectivity index (χ1) is 9.41. The van der Waals surface area contributed by atoms with Crippen molar-refractivity contribution in [1.82, 2.24) is 0 Å². The molecule has 1 fully saturated rings. The summed E-state index contributed by atoms with van der Waals surface area (Å²) in [6.07, 6.45) is -0.868. The summed E-state index contributed by atoms with van der Waals surface area (Å²) in [5.41, 5.74) is -0.457. The number of amides is 1. The van der Waals surface area contributed by atoms with E-state index in [0.717, 1.165) is 37.8 Å². The second-order valence-electron chi connectivity index (χ2n) is 5.55. The molecule has 1 aromatic rings. The average molecular weight is 284 g/mol. The Balaban J connectivity index is 1.95. The van der Waals surface area contributed by atoms with Crippen LogP contribution in [0.5, 0.6) is 0 Å². The van der Waals surface area contributed by atoms with Crippen molar-refractivity contribution in [1.29, 1.82) is 0 Å². The van der Waals surface area contributed by atoms with Gasteiger partial charge in [-0.05, 0) is 31.0 Å². The minimum Gasteiger partial charge on any atom is -0.382 e. The van der Waals surface area contributed by atoms with Gasteiger partial charge in [-0.15, -0.1) is 0 Å². The zero-order chi connectivity index (χ0) is 14.4. The molecule has 1 heterocycles. The standard InChI is InChI=1S/C14H15F3N2O/c15-14(16,17)9-3-4-10-11(7-9)19-12(20)13(8-18-10)5-1-2-6-13/h3-4,7,18H,1-2,5-6,8H2,(H,19,20). The summed E-state index contributed by atoms with van der Waals surface area (Å²) in [6.45, 7) is 0.483. The second-order valence-corrected chi connectivity index (χ2v) is 5.55. The molecule has 1 aromatic carbocycles. The lowest BCUT2D eigenvalue weighted by Gasteiger charge is -2.24. The van der Waals surface area contributed by atoms with Gasteiger partial charge in [-0.1, -0.05) is 12.8 Å². The second kappa shape index (κ2) is 4.40. The summed E-state index contributed by atoms with van der Waals surface area (Å²) >= 11 is 0. The third-order valence-electron chi connectivity index (χ3n) is 4.25. The van der Waals surface area contributed by atoms with Gasteiger partial charge in [0.15, 0.2) is 0 Å². The fourth-order valence-corrected chi connectivity index (χ4v) is 3.03. The summed E-state index contributed by atoms with van der Waals surface area (Å²) in [5.74, 6) is -0.166. The fraction of sp³-hybridized carbons (Fsp3) is 0.500. The van der Waals surface area contributed by atoms with Crippen molar-refractivity contribution in [2.75, 3.05) is 17.2 Å². The zero-order valence-electron chi connectivity index (χ0n) is 10.8. The minimum absolute atomic E-state index is 0.166. The number of hydrogen-bond donors (Lipinski definition) is 2. The molecule has 20 heavy (non-hydrogen) atoms. The highest BCUT2D eigenvalue weighted by molar-refractivity contribution is 6.00. The van der Waals surface area contributed by atoms with E-state index < -0.39 is 17.2 Å². The van der Waals surface area contributed by atoms with E-state index >= 15 is 0 Å². The molecule has 0 bridgehead atoms. The molecule has 108 valence electrons. The molecule has 0 aromatic heterocycles. The lowest BCUT2D eigenvalue weighted by atomic mass is 9.85. The molecule has 1 aliphatic heterocycles. The van der Waals surface area contributed by atoms with Crippen LogP contribution in [0, 0.1) is 5.41 Å². The van der Waals surface area contributed by atoms with Crippen molar-refractivity contribution >= 4 is 17.3 Å². The number of benzene rings is 1. The summed E-state index contributed by atoms with van der Waals surface area (Å²) in [6, 6.07) is 3.41. The van der Waals surface area contributed by atoms with E-state index in [2.05, 4.69) is 10.6 Å². The molecule has 1 saturated carbocycles. The molecule has 0 atom stereocenters. The van der Waals surface area contributed by atoms with Gasteiger partial charge in [-0.2, -0.15) is 13.2 Å². The highest BCUT2D eigenvalue weighted by atomic mass is 19.4. The van der Waals surface area contributed by atoms with E-state index in [9.17, 15) is 18.0 Å². The van der Waals surface area contributed by atoms with Crippen LogP contribution in [-0.4, -0.2) is 12.5 Å². The molecule has 0 unspecified atom stereocenters. The average Bonchev–Trinajstić information content (AvgIpc) is 2.80. The van der Waals surface area contributed by atoms with Crippen LogP contribution < -0.4 is 10.6 Å². The normalized spacial score (nSPS) is 21.1. The molecule has 1 spiro atoms. The predicted octanol–water partition coefficient (Wildman–Crippen LogP) is 3.63. The van der Waals surface area contributed by atoms with Gasteiger partial charge in [0.25, 0.3) is 0 Å². The van der Waals surface area contributed by atoms with Gasteiger partial charge in [0.1, 0.15) is 0 Å². The van der Waals surface area contributed by atoms with Crippen molar-refractivity contribution < 1.29 is 18.0 Å². The lowest BCUT2D eigenvalue weighted by Crippen LogP contribution is -2.37. The largest absolute Gasteiger partial charge is 0.416 e. The number of nitrogens with one attached hydrogen (secondary N) is 2. The Morgan fingerprint density at radius 3 is 2.45 bits per heavy atom. The summed E-state index contributed by atoms with van der Waals surface area (Å²) in [5, 5.41) is 5.78. The number of hydrogen-bond acceptors (Lipinski definition) is 2. The van der Waals surface area contributed by atoms with Crippen molar-refractivity contribution in [3.8, 4) is 0 Å². The molecule has 3 nitrogen and oxygen atoms in total. The predicted molar refractivity (Wildman–Crippen MR) is 69.5 cm³/mol. The van der Waals surface area contributed by atoms with Crippen LogP contribution in [-0.2, 0) is 11.0 Å². The summed E-state index contributed by atoms with van der Waals surface area (Å²) in [7, 11) is 0. The van der Waals surface area contributed by atoms with Gasteiger partial charge in [-0.25, -0.2) is 0 Å². The smallest absolute Gasteiger partial charge is 0.382 e. The van der Waals surface area contributed by atoms with Crippen molar-refractivity contribution in [3.63, 3.8) is 0 Å². The van der Waals surface area contributed by atoms with E-state index in [1.807, 2.05) is 0 Å². The molecule has 6 heteroatoms. The first-order valence-corrected chi connectivity index (χ1v) is 6.67. The van der Waals surface area contributed by atoms with Crippen LogP contribution in [0.2, 0.25) is 0 Å². The first kappa shape index (κ1) is 13.3. The van der Waals surface area contributed by atoms with Crippen LogP contribution in [0.25, 0.3) is 0 Å². The van der Waals surface area contributed by atoms with Gasteiger partial charge >= 0.3 is 6.18 Å². The third kappa shape index (κ3) is 2.13. The van der Waals surface area contributed by atoms with Crippen molar-refractivity contribution in [3.05, 3.63) is 23.8 Å². The van der Waals surface area contributed by atoms with E-state index in [1.54, 1.807) is 0 Å². The lowest BCUT2D eigenvalue weighted by molar-refractivity contribution is -0.137. The molecule has 0 radical (unpaired) electrons. The Kier molecular flexibility index (Phi) is 2.92. The third-order valence-corrected chi connectivity index (χ3v) is 4.25. The van der Waals surface area contributed by atoms with Crippen LogP contribution in [0.15, 0.2) is 18.2 Å². The monoisotopic (exact) mass is 284 g/mol. The van der Waals surface area contributed by atoms with Crippen LogP contribution in [0.4, 0.5) is 24.5 Å². The fourth-order valence-electron chi connectivity index (χ4n) is 3.03. The van der Waals surface area contributed by atoms with E-state index in [1.165, 1.54) is 6.07 Å². The molecule has 1 amide bonds. The number of carbonyl (C=O) groups is 1. The zero-order valence-corrected chi connectivity index (χ0v) is 10.8. The number of alkyl halides is 3. The quantitative estimate of drug-likeness (QED) is 0.764. The maximum Gasteiger partial charge on any atom is 0.416 e. The number of rotatable bonds is 0. The summed E-state index contributed by atoms with van der Waals surface area (Å²) in [4.78, 5) is 12.3. The number of carbonyl (C=O) groups excluding carboxylic acids is 1. The maximum atomic E-state index is 12.7. The van der Waals surface area contributed by atoms with Crippen molar-refractivity contribution in [2.45, 2.75) is 31.9 Å². The summed E-state index contributed by atoms with van der Waals surface area (Å²) < 4.78 is 38.2.